The second-order valence-corrected chi connectivity index (χ2v) is 4.99. The summed E-state index contributed by atoms with van der Waals surface area (Å²) in [6.45, 7) is 3.60. The monoisotopic (exact) mass is 189 g/mol. The Balaban J connectivity index is 2.12. The van der Waals surface area contributed by atoms with E-state index in [1.165, 1.54) is 19.3 Å². The van der Waals surface area contributed by atoms with E-state index in [1.807, 2.05) is 18.7 Å². The Morgan fingerprint density at radius 3 is 2.58 bits per heavy atom. The maximum atomic E-state index is 9.04. The van der Waals surface area contributed by atoms with Crippen molar-refractivity contribution < 1.29 is 5.11 Å². The van der Waals surface area contributed by atoms with Crippen LogP contribution in [0.2, 0.25) is 0 Å². The molecule has 12 heavy (non-hydrogen) atoms. The fraction of sp³-hybridized carbons (Fsp3) is 1.00. The molecule has 0 unspecified atom stereocenters. The Bertz CT molecular complexity index is 129. The van der Waals surface area contributed by atoms with Gasteiger partial charge in [-0.15, -0.1) is 0 Å². The highest BCUT2D eigenvalue weighted by atomic mass is 32.2. The van der Waals surface area contributed by atoms with Gasteiger partial charge in [-0.25, -0.2) is 0 Å². The third-order valence-corrected chi connectivity index (χ3v) is 4.00. The molecule has 1 atom stereocenters. The highest BCUT2D eigenvalue weighted by Crippen LogP contribution is 2.41. The normalized spacial score (nSPS) is 23.2. The van der Waals surface area contributed by atoms with Crippen molar-refractivity contribution in [3.05, 3.63) is 0 Å². The van der Waals surface area contributed by atoms with Gasteiger partial charge in [-0.2, -0.15) is 11.8 Å². The third-order valence-electron chi connectivity index (χ3n) is 2.58. The fourth-order valence-electron chi connectivity index (χ4n) is 1.53. The van der Waals surface area contributed by atoms with Gasteiger partial charge in [0, 0.05) is 17.8 Å². The van der Waals surface area contributed by atoms with Gasteiger partial charge < -0.3 is 10.4 Å². The Hall–Kier alpha value is 0.270. The molecule has 0 aliphatic heterocycles. The Labute approximate surface area is 79.1 Å². The largest absolute Gasteiger partial charge is 0.392 e. The molecule has 72 valence electrons. The summed E-state index contributed by atoms with van der Waals surface area (Å²) in [7, 11) is 0. The van der Waals surface area contributed by atoms with Crippen LogP contribution in [0.25, 0.3) is 0 Å². The number of nitrogens with one attached hydrogen (secondary N) is 1. The lowest BCUT2D eigenvalue weighted by molar-refractivity contribution is 0.187. The van der Waals surface area contributed by atoms with Crippen LogP contribution in [0.5, 0.6) is 0 Å². The van der Waals surface area contributed by atoms with E-state index >= 15 is 0 Å². The molecule has 1 rings (SSSR count). The molecule has 0 amide bonds. The van der Waals surface area contributed by atoms with E-state index < -0.39 is 0 Å². The predicted molar refractivity (Wildman–Crippen MR) is 54.6 cm³/mol. The van der Waals surface area contributed by atoms with E-state index in [4.69, 9.17) is 5.11 Å². The average molecular weight is 189 g/mol. The van der Waals surface area contributed by atoms with Gasteiger partial charge in [0.15, 0.2) is 0 Å². The van der Waals surface area contributed by atoms with Crippen molar-refractivity contribution in [2.75, 3.05) is 19.3 Å². The lowest BCUT2D eigenvalue weighted by Gasteiger charge is -2.40. The highest BCUT2D eigenvalue weighted by molar-refractivity contribution is 8.00. The van der Waals surface area contributed by atoms with Crippen LogP contribution in [0, 0.1) is 0 Å². The molecule has 3 heteroatoms. The Morgan fingerprint density at radius 1 is 1.58 bits per heavy atom. The minimum absolute atomic E-state index is 0.219. The molecular weight excluding hydrogens is 170 g/mol. The zero-order chi connectivity index (χ0) is 9.03. The summed E-state index contributed by atoms with van der Waals surface area (Å²) in [6, 6.07) is 0. The quantitative estimate of drug-likeness (QED) is 0.682. The topological polar surface area (TPSA) is 32.3 Å². The standard InChI is InChI=1S/C9H19NOS/c1-8(11)6-10-7-9(12-2)4-3-5-9/h8,10-11H,3-7H2,1-2H3/t8-/m1/s1. The van der Waals surface area contributed by atoms with Crippen LogP contribution < -0.4 is 5.32 Å². The van der Waals surface area contributed by atoms with Gasteiger partial charge in [0.1, 0.15) is 0 Å². The van der Waals surface area contributed by atoms with Crippen LogP contribution in [0.4, 0.5) is 0 Å². The van der Waals surface area contributed by atoms with Gasteiger partial charge in [0.05, 0.1) is 6.10 Å². The average Bonchev–Trinajstić information content (AvgIpc) is 1.94. The predicted octanol–water partition coefficient (Wildman–Crippen LogP) is 1.24. The summed E-state index contributed by atoms with van der Waals surface area (Å²) in [4.78, 5) is 0. The van der Waals surface area contributed by atoms with Crippen LogP contribution in [-0.2, 0) is 0 Å². The first-order chi connectivity index (χ1) is 5.68. The van der Waals surface area contributed by atoms with Crippen molar-refractivity contribution in [2.45, 2.75) is 37.0 Å². The SMILES string of the molecule is CSC1(CNC[C@@H](C)O)CCC1. The third kappa shape index (κ3) is 2.64. The lowest BCUT2D eigenvalue weighted by atomic mass is 9.84. The van der Waals surface area contributed by atoms with E-state index in [0.717, 1.165) is 13.1 Å². The zero-order valence-corrected chi connectivity index (χ0v) is 8.78. The molecule has 0 radical (unpaired) electrons. The van der Waals surface area contributed by atoms with Crippen molar-refractivity contribution in [1.29, 1.82) is 0 Å². The maximum absolute atomic E-state index is 9.04. The molecule has 1 aliphatic rings. The van der Waals surface area contributed by atoms with Crippen LogP contribution in [0.3, 0.4) is 0 Å². The molecule has 0 saturated heterocycles. The second kappa shape index (κ2) is 4.49. The van der Waals surface area contributed by atoms with Crippen molar-refractivity contribution in [3.8, 4) is 0 Å². The number of hydrogen-bond acceptors (Lipinski definition) is 3. The molecule has 0 bridgehead atoms. The minimum Gasteiger partial charge on any atom is -0.392 e. The van der Waals surface area contributed by atoms with E-state index in [0.29, 0.717) is 4.75 Å². The molecule has 0 aromatic heterocycles. The fourth-order valence-corrected chi connectivity index (χ4v) is 2.48. The second-order valence-electron chi connectivity index (χ2n) is 3.72. The highest BCUT2D eigenvalue weighted by Gasteiger charge is 2.35. The van der Waals surface area contributed by atoms with Crippen LogP contribution in [0.1, 0.15) is 26.2 Å². The molecule has 0 aromatic rings. The van der Waals surface area contributed by atoms with Gasteiger partial charge in [-0.05, 0) is 26.0 Å². The number of rotatable bonds is 5. The van der Waals surface area contributed by atoms with Crippen molar-refractivity contribution >= 4 is 11.8 Å². The summed E-state index contributed by atoms with van der Waals surface area (Å²) in [5.74, 6) is 0. The molecule has 0 spiro atoms. The summed E-state index contributed by atoms with van der Waals surface area (Å²) >= 11 is 1.97. The summed E-state index contributed by atoms with van der Waals surface area (Å²) in [6.07, 6.45) is 6.01. The smallest absolute Gasteiger partial charge is 0.0636 e. The first kappa shape index (κ1) is 10.4. The van der Waals surface area contributed by atoms with Crippen molar-refractivity contribution in [3.63, 3.8) is 0 Å². The first-order valence-electron chi connectivity index (χ1n) is 4.62. The Kier molecular flexibility index (Phi) is 3.87. The molecular formula is C9H19NOS. The van der Waals surface area contributed by atoms with Crippen molar-refractivity contribution in [2.24, 2.45) is 0 Å². The summed E-state index contributed by atoms with van der Waals surface area (Å²) in [5.41, 5.74) is 0. The first-order valence-corrected chi connectivity index (χ1v) is 5.85. The molecule has 1 saturated carbocycles. The van der Waals surface area contributed by atoms with Crippen LogP contribution in [0.15, 0.2) is 0 Å². The summed E-state index contributed by atoms with van der Waals surface area (Å²) in [5, 5.41) is 12.4. The minimum atomic E-state index is -0.219. The van der Waals surface area contributed by atoms with Crippen LogP contribution in [-0.4, -0.2) is 35.3 Å². The van der Waals surface area contributed by atoms with E-state index in [-0.39, 0.29) is 6.10 Å². The molecule has 1 aliphatic carbocycles. The maximum Gasteiger partial charge on any atom is 0.0636 e. The zero-order valence-electron chi connectivity index (χ0n) is 7.97. The molecule has 2 nitrogen and oxygen atoms in total. The van der Waals surface area contributed by atoms with Gasteiger partial charge in [-0.1, -0.05) is 6.42 Å². The molecule has 1 fully saturated rings. The molecule has 0 heterocycles. The van der Waals surface area contributed by atoms with Gasteiger partial charge >= 0.3 is 0 Å². The van der Waals surface area contributed by atoms with Gasteiger partial charge in [0.25, 0.3) is 0 Å². The number of aliphatic hydroxyl groups excluding tert-OH is 1. The number of aliphatic hydroxyl groups is 1. The van der Waals surface area contributed by atoms with Crippen molar-refractivity contribution in [1.82, 2.24) is 5.32 Å². The van der Waals surface area contributed by atoms with Crippen LogP contribution >= 0.6 is 11.8 Å². The number of hydrogen-bond donors (Lipinski definition) is 2. The van der Waals surface area contributed by atoms with E-state index in [9.17, 15) is 0 Å². The molecule has 0 aromatic carbocycles. The molecule has 2 N–H and O–H groups in total. The van der Waals surface area contributed by atoms with E-state index in [1.54, 1.807) is 0 Å². The number of thioether (sulfide) groups is 1. The van der Waals surface area contributed by atoms with E-state index in [2.05, 4.69) is 11.6 Å². The van der Waals surface area contributed by atoms with Gasteiger partial charge in [-0.3, -0.25) is 0 Å². The Morgan fingerprint density at radius 2 is 2.25 bits per heavy atom. The summed E-state index contributed by atoms with van der Waals surface area (Å²) < 4.78 is 0.495. The van der Waals surface area contributed by atoms with Gasteiger partial charge in [0.2, 0.25) is 0 Å². The lowest BCUT2D eigenvalue weighted by Crippen LogP contribution is -2.44.